The van der Waals surface area contributed by atoms with E-state index in [4.69, 9.17) is 10.1 Å². The molecule has 37 heavy (non-hydrogen) atoms. The summed E-state index contributed by atoms with van der Waals surface area (Å²) in [5, 5.41) is 19.4. The van der Waals surface area contributed by atoms with E-state index in [1.165, 1.54) is 12.1 Å². The molecule has 1 aliphatic heterocycles. The monoisotopic (exact) mass is 525 g/mol. The third-order valence-electron chi connectivity index (χ3n) is 8.96. The van der Waals surface area contributed by atoms with Gasteiger partial charge in [-0.05, 0) is 93.2 Å². The first kappa shape index (κ1) is 24.6. The SMILES string of the molecule is CC1CN(c2ccc(S(N)(=O)=O)cc2)CCN1c1cccc(C(=O)NC2C3CC4CC2CC(O)(C4)C3)n1. The van der Waals surface area contributed by atoms with Crippen molar-refractivity contribution in [2.24, 2.45) is 22.9 Å². The van der Waals surface area contributed by atoms with Crippen molar-refractivity contribution in [3.05, 3.63) is 48.2 Å². The van der Waals surface area contributed by atoms with Gasteiger partial charge in [0.25, 0.3) is 5.91 Å². The Labute approximate surface area is 218 Å². The van der Waals surface area contributed by atoms with E-state index in [1.807, 2.05) is 12.1 Å². The molecule has 4 N–H and O–H groups in total. The lowest BCUT2D eigenvalue weighted by Gasteiger charge is -2.58. The molecule has 1 saturated heterocycles. The van der Waals surface area contributed by atoms with E-state index in [2.05, 4.69) is 22.0 Å². The number of carbonyl (C=O) groups excluding carboxylic acids is 1. The Morgan fingerprint density at radius 2 is 1.78 bits per heavy atom. The van der Waals surface area contributed by atoms with Gasteiger partial charge in [0.05, 0.1) is 10.5 Å². The van der Waals surface area contributed by atoms with Crippen LogP contribution in [0.15, 0.2) is 47.4 Å². The molecule has 1 aromatic carbocycles. The Bertz CT molecular complexity index is 1280. The molecule has 10 heteroatoms. The second-order valence-corrected chi connectivity index (χ2v) is 13.2. The zero-order valence-electron chi connectivity index (χ0n) is 21.1. The van der Waals surface area contributed by atoms with Crippen LogP contribution in [-0.2, 0) is 10.0 Å². The minimum atomic E-state index is -3.71. The largest absolute Gasteiger partial charge is 0.390 e. The number of rotatable bonds is 5. The van der Waals surface area contributed by atoms with Crippen LogP contribution >= 0.6 is 0 Å². The molecule has 4 bridgehead atoms. The first-order valence-electron chi connectivity index (χ1n) is 13.2. The van der Waals surface area contributed by atoms with Crippen molar-refractivity contribution >= 4 is 27.4 Å². The van der Waals surface area contributed by atoms with Gasteiger partial charge in [0.15, 0.2) is 0 Å². The third-order valence-corrected chi connectivity index (χ3v) is 9.89. The topological polar surface area (TPSA) is 129 Å². The van der Waals surface area contributed by atoms with Crippen LogP contribution in [-0.4, -0.2) is 61.7 Å². The fraction of sp³-hybridized carbons (Fsp3) is 0.556. The fourth-order valence-electron chi connectivity index (χ4n) is 7.53. The number of amides is 1. The molecule has 4 saturated carbocycles. The molecule has 7 rings (SSSR count). The van der Waals surface area contributed by atoms with E-state index in [9.17, 15) is 18.3 Å². The number of anilines is 2. The molecule has 0 radical (unpaired) electrons. The quantitative estimate of drug-likeness (QED) is 0.545. The minimum absolute atomic E-state index is 0.103. The highest BCUT2D eigenvalue weighted by atomic mass is 32.2. The Balaban J connectivity index is 1.11. The van der Waals surface area contributed by atoms with E-state index < -0.39 is 15.6 Å². The highest BCUT2D eigenvalue weighted by molar-refractivity contribution is 7.89. The van der Waals surface area contributed by atoms with Gasteiger partial charge < -0.3 is 20.2 Å². The maximum Gasteiger partial charge on any atom is 0.270 e. The van der Waals surface area contributed by atoms with Crippen molar-refractivity contribution in [3.63, 3.8) is 0 Å². The molecule has 1 amide bonds. The summed E-state index contributed by atoms with van der Waals surface area (Å²) in [4.78, 5) is 22.5. The number of hydrogen-bond acceptors (Lipinski definition) is 7. The maximum atomic E-state index is 13.3. The number of benzene rings is 1. The molecular formula is C27H35N5O4S. The summed E-state index contributed by atoms with van der Waals surface area (Å²) in [5.74, 6) is 1.96. The van der Waals surface area contributed by atoms with Crippen LogP contribution in [0, 0.1) is 17.8 Å². The van der Waals surface area contributed by atoms with E-state index in [0.717, 1.165) is 63.2 Å². The summed E-state index contributed by atoms with van der Waals surface area (Å²) < 4.78 is 23.1. The smallest absolute Gasteiger partial charge is 0.270 e. The number of hydrogen-bond donors (Lipinski definition) is 3. The van der Waals surface area contributed by atoms with Crippen molar-refractivity contribution in [1.82, 2.24) is 10.3 Å². The summed E-state index contributed by atoms with van der Waals surface area (Å²) in [7, 11) is -3.71. The molecule has 1 aromatic heterocycles. The molecular weight excluding hydrogens is 490 g/mol. The molecule has 4 aliphatic carbocycles. The number of piperazine rings is 1. The Morgan fingerprint density at radius 1 is 1.08 bits per heavy atom. The van der Waals surface area contributed by atoms with Gasteiger partial charge in [-0.2, -0.15) is 0 Å². The standard InChI is InChI=1S/C27H35N5O4S/c1-17-16-31(21-5-7-22(8-6-21)37(28,35)36)9-10-32(17)24-4-2-3-23(29-24)26(33)30-25-19-11-18-12-20(25)15-27(34,13-18)14-19/h2-8,17-20,25,34H,9-16H2,1H3,(H,30,33)(H2,28,35,36). The van der Waals surface area contributed by atoms with Crippen LogP contribution in [0.5, 0.6) is 0 Å². The molecule has 3 atom stereocenters. The maximum absolute atomic E-state index is 13.3. The van der Waals surface area contributed by atoms with Gasteiger partial charge in [0.1, 0.15) is 11.5 Å². The van der Waals surface area contributed by atoms with Crippen LogP contribution in [0.2, 0.25) is 0 Å². The van der Waals surface area contributed by atoms with Gasteiger partial charge in [-0.3, -0.25) is 4.79 Å². The number of aromatic nitrogens is 1. The van der Waals surface area contributed by atoms with Gasteiger partial charge >= 0.3 is 0 Å². The second-order valence-electron chi connectivity index (χ2n) is 11.6. The predicted octanol–water partition coefficient (Wildman–Crippen LogP) is 2.11. The van der Waals surface area contributed by atoms with Gasteiger partial charge in [-0.25, -0.2) is 18.5 Å². The summed E-state index contributed by atoms with van der Waals surface area (Å²) >= 11 is 0. The molecule has 2 aromatic rings. The summed E-state index contributed by atoms with van der Waals surface area (Å²) in [5.41, 5.74) is 0.858. The molecule has 198 valence electrons. The van der Waals surface area contributed by atoms with Crippen molar-refractivity contribution < 1.29 is 18.3 Å². The zero-order valence-corrected chi connectivity index (χ0v) is 21.9. The first-order chi connectivity index (χ1) is 17.6. The van der Waals surface area contributed by atoms with Crippen molar-refractivity contribution in [2.75, 3.05) is 29.4 Å². The number of nitrogens with zero attached hydrogens (tertiary/aromatic N) is 3. The number of sulfonamides is 1. The Morgan fingerprint density at radius 3 is 2.41 bits per heavy atom. The van der Waals surface area contributed by atoms with Gasteiger partial charge in [0.2, 0.25) is 10.0 Å². The van der Waals surface area contributed by atoms with Crippen molar-refractivity contribution in [1.29, 1.82) is 0 Å². The number of carbonyl (C=O) groups is 1. The van der Waals surface area contributed by atoms with Crippen molar-refractivity contribution in [3.8, 4) is 0 Å². The number of nitrogens with two attached hydrogens (primary N) is 1. The average Bonchev–Trinajstić information content (AvgIpc) is 2.85. The average molecular weight is 526 g/mol. The van der Waals surface area contributed by atoms with Gasteiger partial charge in [0, 0.05) is 37.4 Å². The fourth-order valence-corrected chi connectivity index (χ4v) is 8.05. The van der Waals surface area contributed by atoms with Crippen LogP contribution in [0.3, 0.4) is 0 Å². The number of primary sulfonamides is 1. The first-order valence-corrected chi connectivity index (χ1v) is 14.8. The molecule has 5 aliphatic rings. The Kier molecular flexibility index (Phi) is 5.96. The highest BCUT2D eigenvalue weighted by Gasteiger charge is 2.55. The summed E-state index contributed by atoms with van der Waals surface area (Å²) in [6.07, 6.45) is 4.72. The number of aliphatic hydroxyl groups is 1. The van der Waals surface area contributed by atoms with Crippen LogP contribution < -0.4 is 20.3 Å². The molecule has 3 unspecified atom stereocenters. The summed E-state index contributed by atoms with van der Waals surface area (Å²) in [6, 6.07) is 12.5. The predicted molar refractivity (Wildman–Crippen MR) is 141 cm³/mol. The molecule has 9 nitrogen and oxygen atoms in total. The van der Waals surface area contributed by atoms with Crippen LogP contribution in [0.1, 0.15) is 49.5 Å². The van der Waals surface area contributed by atoms with E-state index in [-0.39, 0.29) is 22.9 Å². The lowest BCUT2D eigenvalue weighted by atomic mass is 9.52. The number of pyridine rings is 1. The second kappa shape index (κ2) is 8.96. The van der Waals surface area contributed by atoms with E-state index in [0.29, 0.717) is 23.4 Å². The van der Waals surface area contributed by atoms with Crippen LogP contribution in [0.25, 0.3) is 0 Å². The van der Waals surface area contributed by atoms with Gasteiger partial charge in [-0.1, -0.05) is 6.07 Å². The third kappa shape index (κ3) is 4.70. The molecule has 0 spiro atoms. The van der Waals surface area contributed by atoms with Crippen LogP contribution in [0.4, 0.5) is 11.5 Å². The minimum Gasteiger partial charge on any atom is -0.390 e. The normalized spacial score (nSPS) is 33.0. The lowest BCUT2D eigenvalue weighted by molar-refractivity contribution is -0.136. The summed E-state index contributed by atoms with van der Waals surface area (Å²) in [6.45, 7) is 4.33. The number of nitrogens with one attached hydrogen (secondary N) is 1. The van der Waals surface area contributed by atoms with E-state index in [1.54, 1.807) is 18.2 Å². The zero-order chi connectivity index (χ0) is 25.9. The highest BCUT2D eigenvalue weighted by Crippen LogP contribution is 2.55. The lowest BCUT2D eigenvalue weighted by Crippen LogP contribution is -2.61. The van der Waals surface area contributed by atoms with Gasteiger partial charge in [-0.15, -0.1) is 0 Å². The van der Waals surface area contributed by atoms with Crippen molar-refractivity contribution in [2.45, 2.75) is 61.6 Å². The molecule has 5 fully saturated rings. The van der Waals surface area contributed by atoms with E-state index >= 15 is 0 Å². The Hall–Kier alpha value is -2.69. The molecule has 2 heterocycles.